The third-order valence-electron chi connectivity index (χ3n) is 3.91. The van der Waals surface area contributed by atoms with Gasteiger partial charge in [0.15, 0.2) is 0 Å². The second kappa shape index (κ2) is 6.18. The van der Waals surface area contributed by atoms with Crippen LogP contribution in [-0.2, 0) is 9.53 Å². The number of rotatable bonds is 3. The molecule has 0 amide bonds. The van der Waals surface area contributed by atoms with Crippen LogP contribution in [0.15, 0.2) is 41.4 Å². The Morgan fingerprint density at radius 3 is 2.75 bits per heavy atom. The minimum atomic E-state index is -0.183. The van der Waals surface area contributed by atoms with E-state index in [0.29, 0.717) is 0 Å². The lowest BCUT2D eigenvalue weighted by atomic mass is 10.2. The first-order valence-electron chi connectivity index (χ1n) is 7.81. The van der Waals surface area contributed by atoms with Gasteiger partial charge in [0.1, 0.15) is 27.0 Å². The fourth-order valence-electron chi connectivity index (χ4n) is 2.78. The molecule has 2 aromatic heterocycles. The summed E-state index contributed by atoms with van der Waals surface area (Å²) in [5.41, 5.74) is 1.17. The second-order valence-electron chi connectivity index (χ2n) is 5.86. The summed E-state index contributed by atoms with van der Waals surface area (Å²) in [6.45, 7) is 3.82. The van der Waals surface area contributed by atoms with Crippen LogP contribution in [-0.4, -0.2) is 27.3 Å². The van der Waals surface area contributed by atoms with E-state index in [1.165, 1.54) is 17.3 Å². The molecule has 0 bridgehead atoms. The average molecular weight is 356 g/mol. The molecule has 0 aliphatic carbocycles. The molecular formula is C18H16N2O2S2. The molecule has 3 aromatic rings. The van der Waals surface area contributed by atoms with Crippen molar-refractivity contribution in [3.63, 3.8) is 0 Å². The van der Waals surface area contributed by atoms with Gasteiger partial charge in [0.25, 0.3) is 0 Å². The number of aromatic nitrogens is 2. The van der Waals surface area contributed by atoms with Gasteiger partial charge in [-0.05, 0) is 25.5 Å². The average Bonchev–Trinajstić information content (AvgIpc) is 3.11. The number of cyclic esters (lactones) is 1. The third kappa shape index (κ3) is 2.91. The van der Waals surface area contributed by atoms with Crippen molar-refractivity contribution < 1.29 is 9.53 Å². The van der Waals surface area contributed by atoms with E-state index in [1.54, 1.807) is 11.3 Å². The molecule has 24 heavy (non-hydrogen) atoms. The number of aryl methyl sites for hydroxylation is 1. The van der Waals surface area contributed by atoms with Crippen molar-refractivity contribution >= 4 is 39.3 Å². The van der Waals surface area contributed by atoms with Crippen LogP contribution in [0.4, 0.5) is 0 Å². The number of carbonyl (C=O) groups is 1. The number of ether oxygens (including phenoxy) is 1. The summed E-state index contributed by atoms with van der Waals surface area (Å²) < 4.78 is 5.26. The topological polar surface area (TPSA) is 52.1 Å². The summed E-state index contributed by atoms with van der Waals surface area (Å²) in [7, 11) is 0. The Bertz CT molecular complexity index is 908. The van der Waals surface area contributed by atoms with E-state index in [0.717, 1.165) is 32.4 Å². The molecule has 1 aromatic carbocycles. The molecule has 0 radical (unpaired) electrons. The Kier molecular flexibility index (Phi) is 4.02. The van der Waals surface area contributed by atoms with Crippen LogP contribution in [0.2, 0.25) is 0 Å². The minimum absolute atomic E-state index is 0.0178. The van der Waals surface area contributed by atoms with Gasteiger partial charge < -0.3 is 4.74 Å². The van der Waals surface area contributed by atoms with Crippen LogP contribution in [0.3, 0.4) is 0 Å². The van der Waals surface area contributed by atoms with E-state index in [2.05, 4.69) is 28.2 Å². The van der Waals surface area contributed by atoms with Crippen molar-refractivity contribution in [2.24, 2.45) is 0 Å². The molecule has 6 heteroatoms. The van der Waals surface area contributed by atoms with Crippen molar-refractivity contribution in [3.05, 3.63) is 42.2 Å². The number of carbonyl (C=O) groups excluding carboxylic acids is 1. The zero-order valence-electron chi connectivity index (χ0n) is 13.4. The van der Waals surface area contributed by atoms with Crippen LogP contribution in [0, 0.1) is 6.92 Å². The highest BCUT2D eigenvalue weighted by atomic mass is 32.2. The molecule has 1 aliphatic rings. The molecule has 1 saturated heterocycles. The predicted molar refractivity (Wildman–Crippen MR) is 97.4 cm³/mol. The first-order chi connectivity index (χ1) is 11.6. The van der Waals surface area contributed by atoms with E-state index >= 15 is 0 Å². The van der Waals surface area contributed by atoms with Crippen molar-refractivity contribution in [2.75, 3.05) is 0 Å². The number of thioether (sulfide) groups is 1. The first kappa shape index (κ1) is 15.6. The molecule has 1 aliphatic heterocycles. The van der Waals surface area contributed by atoms with E-state index in [1.807, 2.05) is 32.0 Å². The standard InChI is InChI=1S/C18H16N2O2S2/c1-10-8-15(18(21)22-10)24-17-13-9-14(12-6-4-3-5-7-12)23-16(13)19-11(2)20-17/h3-7,9-10,15H,8H2,1-2H3/t10-,15-/m0/s1. The summed E-state index contributed by atoms with van der Waals surface area (Å²) >= 11 is 3.15. The quantitative estimate of drug-likeness (QED) is 0.512. The Morgan fingerprint density at radius 2 is 2.04 bits per heavy atom. The number of esters is 1. The van der Waals surface area contributed by atoms with Gasteiger partial charge in [0, 0.05) is 16.7 Å². The van der Waals surface area contributed by atoms with E-state index < -0.39 is 0 Å². The van der Waals surface area contributed by atoms with Crippen molar-refractivity contribution in [1.82, 2.24) is 9.97 Å². The van der Waals surface area contributed by atoms with E-state index in [4.69, 9.17) is 4.74 Å². The Hall–Kier alpha value is -1.92. The van der Waals surface area contributed by atoms with Crippen LogP contribution < -0.4 is 0 Å². The number of hydrogen-bond donors (Lipinski definition) is 0. The normalized spacial score (nSPS) is 20.5. The maximum absolute atomic E-state index is 12.0. The van der Waals surface area contributed by atoms with Gasteiger partial charge in [0.05, 0.1) is 0 Å². The highest BCUT2D eigenvalue weighted by Gasteiger charge is 2.33. The molecular weight excluding hydrogens is 340 g/mol. The third-order valence-corrected chi connectivity index (χ3v) is 6.19. The van der Waals surface area contributed by atoms with Gasteiger partial charge in [0.2, 0.25) is 0 Å². The number of fused-ring (bicyclic) bond motifs is 1. The molecule has 0 spiro atoms. The smallest absolute Gasteiger partial charge is 0.319 e. The fourth-order valence-corrected chi connectivity index (χ4v) is 5.19. The number of nitrogens with zero attached hydrogens (tertiary/aromatic N) is 2. The highest BCUT2D eigenvalue weighted by Crippen LogP contribution is 2.39. The van der Waals surface area contributed by atoms with Gasteiger partial charge in [-0.25, -0.2) is 9.97 Å². The summed E-state index contributed by atoms with van der Waals surface area (Å²) in [6, 6.07) is 12.4. The van der Waals surface area contributed by atoms with Crippen LogP contribution in [0.25, 0.3) is 20.7 Å². The van der Waals surface area contributed by atoms with E-state index in [9.17, 15) is 4.79 Å². The Balaban J connectivity index is 1.75. The van der Waals surface area contributed by atoms with Crippen molar-refractivity contribution in [3.8, 4) is 10.4 Å². The Labute approximate surface area is 148 Å². The van der Waals surface area contributed by atoms with Gasteiger partial charge in [-0.3, -0.25) is 4.79 Å². The van der Waals surface area contributed by atoms with Crippen LogP contribution in [0.1, 0.15) is 19.2 Å². The highest BCUT2D eigenvalue weighted by molar-refractivity contribution is 8.00. The summed E-state index contributed by atoms with van der Waals surface area (Å²) in [5, 5.41) is 1.70. The Morgan fingerprint density at radius 1 is 1.25 bits per heavy atom. The summed E-state index contributed by atoms with van der Waals surface area (Å²) in [5.74, 6) is 0.585. The molecule has 0 unspecified atom stereocenters. The monoisotopic (exact) mass is 356 g/mol. The van der Waals surface area contributed by atoms with Gasteiger partial charge >= 0.3 is 5.97 Å². The zero-order valence-corrected chi connectivity index (χ0v) is 15.0. The lowest BCUT2D eigenvalue weighted by Gasteiger charge is -2.06. The minimum Gasteiger partial charge on any atom is -0.462 e. The fraction of sp³-hybridized carbons (Fsp3) is 0.278. The van der Waals surface area contributed by atoms with Crippen LogP contribution >= 0.6 is 23.1 Å². The first-order valence-corrected chi connectivity index (χ1v) is 9.50. The lowest BCUT2D eigenvalue weighted by molar-refractivity contribution is -0.140. The molecule has 0 saturated carbocycles. The molecule has 0 N–H and O–H groups in total. The van der Waals surface area contributed by atoms with Crippen LogP contribution in [0.5, 0.6) is 0 Å². The molecule has 2 atom stereocenters. The number of thiophene rings is 1. The molecule has 1 fully saturated rings. The maximum atomic E-state index is 12.0. The van der Waals surface area contributed by atoms with E-state index in [-0.39, 0.29) is 17.3 Å². The number of hydrogen-bond acceptors (Lipinski definition) is 6. The largest absolute Gasteiger partial charge is 0.462 e. The molecule has 122 valence electrons. The molecule has 4 nitrogen and oxygen atoms in total. The lowest BCUT2D eigenvalue weighted by Crippen LogP contribution is -2.10. The number of benzene rings is 1. The maximum Gasteiger partial charge on any atom is 0.319 e. The molecule has 4 rings (SSSR count). The second-order valence-corrected chi connectivity index (χ2v) is 8.08. The van der Waals surface area contributed by atoms with Gasteiger partial charge in [-0.2, -0.15) is 0 Å². The summed E-state index contributed by atoms with van der Waals surface area (Å²) in [4.78, 5) is 23.2. The summed E-state index contributed by atoms with van der Waals surface area (Å²) in [6.07, 6.45) is 0.708. The molecule has 3 heterocycles. The predicted octanol–water partition coefficient (Wildman–Crippen LogP) is 4.46. The van der Waals surface area contributed by atoms with Gasteiger partial charge in [-0.15, -0.1) is 11.3 Å². The van der Waals surface area contributed by atoms with Gasteiger partial charge in [-0.1, -0.05) is 42.1 Å². The zero-order chi connectivity index (χ0) is 16.7. The van der Waals surface area contributed by atoms with Crippen molar-refractivity contribution in [2.45, 2.75) is 36.6 Å². The SMILES string of the molecule is Cc1nc(S[C@H]2C[C@H](C)OC2=O)c2cc(-c3ccccc3)sc2n1. The van der Waals surface area contributed by atoms with Crippen molar-refractivity contribution in [1.29, 1.82) is 0 Å².